The number of sulfonamides is 1. The van der Waals surface area contributed by atoms with Crippen molar-refractivity contribution in [1.82, 2.24) is 10.3 Å². The van der Waals surface area contributed by atoms with E-state index in [2.05, 4.69) is 10.3 Å². The number of carbonyl (C=O) groups excluding carboxylic acids is 1. The van der Waals surface area contributed by atoms with Crippen molar-refractivity contribution in [2.45, 2.75) is 19.8 Å². The monoisotopic (exact) mass is 479 g/mol. The van der Waals surface area contributed by atoms with E-state index in [1.54, 1.807) is 22.9 Å². The van der Waals surface area contributed by atoms with Crippen LogP contribution >= 0.6 is 0 Å². The van der Waals surface area contributed by atoms with E-state index in [9.17, 15) is 22.0 Å². The van der Waals surface area contributed by atoms with Crippen LogP contribution in [0, 0.1) is 11.6 Å². The van der Waals surface area contributed by atoms with Gasteiger partial charge in [-0.2, -0.15) is 0 Å². The molecular formula is C22H23F2N3O5S. The Bertz CT molecular complexity index is 1220. The molecule has 0 saturated carbocycles. The van der Waals surface area contributed by atoms with Gasteiger partial charge in [0.15, 0.2) is 17.3 Å². The Hall–Kier alpha value is -3.47. The van der Waals surface area contributed by atoms with Gasteiger partial charge in [0.25, 0.3) is 5.91 Å². The summed E-state index contributed by atoms with van der Waals surface area (Å²) in [5, 5.41) is 2.60. The topological polar surface area (TPSA) is 111 Å². The Balaban J connectivity index is 1.60. The molecule has 0 radical (unpaired) electrons. The van der Waals surface area contributed by atoms with Gasteiger partial charge in [-0.1, -0.05) is 13.0 Å². The molecule has 0 atom stereocenters. The van der Waals surface area contributed by atoms with Gasteiger partial charge in [0.05, 0.1) is 12.9 Å². The fourth-order valence-electron chi connectivity index (χ4n) is 2.91. The predicted octanol–water partition coefficient (Wildman–Crippen LogP) is 3.75. The van der Waals surface area contributed by atoms with Crippen molar-refractivity contribution in [3.8, 4) is 17.2 Å². The van der Waals surface area contributed by atoms with Crippen molar-refractivity contribution < 1.29 is 31.1 Å². The number of benzene rings is 2. The summed E-state index contributed by atoms with van der Waals surface area (Å²) in [5.74, 6) is -1.70. The molecule has 1 amide bonds. The maximum Gasteiger partial charge on any atom is 0.273 e. The van der Waals surface area contributed by atoms with E-state index < -0.39 is 33.3 Å². The first-order valence-corrected chi connectivity index (χ1v) is 12.0. The molecule has 0 aliphatic carbocycles. The maximum absolute atomic E-state index is 14.1. The zero-order valence-corrected chi connectivity index (χ0v) is 18.8. The number of oxazole rings is 1. The zero-order chi connectivity index (χ0) is 24.0. The Morgan fingerprint density at radius 1 is 1.18 bits per heavy atom. The third-order valence-electron chi connectivity index (χ3n) is 4.38. The normalized spacial score (nSPS) is 11.3. The number of ether oxygens (including phenoxy) is 1. The highest BCUT2D eigenvalue weighted by atomic mass is 32.2. The van der Waals surface area contributed by atoms with E-state index in [1.165, 1.54) is 6.26 Å². The van der Waals surface area contributed by atoms with Crippen LogP contribution in [0.3, 0.4) is 0 Å². The third-order valence-corrected chi connectivity index (χ3v) is 4.95. The molecule has 11 heteroatoms. The highest BCUT2D eigenvalue weighted by Gasteiger charge is 2.16. The van der Waals surface area contributed by atoms with Gasteiger partial charge in [0.1, 0.15) is 17.7 Å². The number of nitrogens with zero attached hydrogens (tertiary/aromatic N) is 1. The van der Waals surface area contributed by atoms with Gasteiger partial charge in [0.2, 0.25) is 15.9 Å². The fourth-order valence-corrected chi connectivity index (χ4v) is 3.48. The second-order valence-electron chi connectivity index (χ2n) is 7.23. The van der Waals surface area contributed by atoms with E-state index in [4.69, 9.17) is 9.15 Å². The molecule has 0 aliphatic heterocycles. The highest BCUT2D eigenvalue weighted by molar-refractivity contribution is 7.92. The number of rotatable bonds is 10. The molecule has 176 valence electrons. The summed E-state index contributed by atoms with van der Waals surface area (Å²) in [6.45, 7) is 2.65. The Kier molecular flexibility index (Phi) is 7.64. The zero-order valence-electron chi connectivity index (χ0n) is 18.0. The predicted molar refractivity (Wildman–Crippen MR) is 119 cm³/mol. The lowest BCUT2D eigenvalue weighted by atomic mass is 10.1. The Morgan fingerprint density at radius 3 is 2.58 bits per heavy atom. The van der Waals surface area contributed by atoms with Gasteiger partial charge in [-0.15, -0.1) is 0 Å². The molecular weight excluding hydrogens is 456 g/mol. The number of aromatic nitrogens is 1. The second kappa shape index (κ2) is 10.4. The summed E-state index contributed by atoms with van der Waals surface area (Å²) in [7, 11) is -3.83. The van der Waals surface area contributed by atoms with Gasteiger partial charge in [-0.05, 0) is 48.7 Å². The number of amides is 1. The largest absolute Gasteiger partial charge is 0.494 e. The first-order chi connectivity index (χ1) is 15.7. The van der Waals surface area contributed by atoms with Gasteiger partial charge in [-0.3, -0.25) is 9.52 Å². The number of anilines is 1. The standard InChI is InChI=1S/C22H23F2N3O5S/c1-3-9-31-16-6-4-5-15(12-16)22-26-19(13-32-22)21(28)25-8-7-14-10-17(23)20(18(24)11-14)27-33(2,29)30/h4-6,10-13,27H,3,7-9H2,1-2H3,(H,25,28). The SMILES string of the molecule is CCCOc1cccc(-c2nc(C(=O)NCCc3cc(F)c(NS(C)(=O)=O)c(F)c3)co2)c1. The quantitative estimate of drug-likeness (QED) is 0.458. The molecule has 0 aliphatic rings. The number of hydrogen-bond acceptors (Lipinski definition) is 6. The number of hydrogen-bond donors (Lipinski definition) is 2. The lowest BCUT2D eigenvalue weighted by molar-refractivity contribution is 0.0949. The molecule has 1 heterocycles. The van der Waals surface area contributed by atoms with Gasteiger partial charge in [0, 0.05) is 12.1 Å². The smallest absolute Gasteiger partial charge is 0.273 e. The molecule has 3 rings (SSSR count). The second-order valence-corrected chi connectivity index (χ2v) is 8.98. The molecule has 8 nitrogen and oxygen atoms in total. The summed E-state index contributed by atoms with van der Waals surface area (Å²) in [6, 6.07) is 9.14. The molecule has 33 heavy (non-hydrogen) atoms. The Morgan fingerprint density at radius 2 is 1.91 bits per heavy atom. The van der Waals surface area contributed by atoms with Crippen LogP contribution in [0.5, 0.6) is 5.75 Å². The average Bonchev–Trinajstić information content (AvgIpc) is 3.25. The molecule has 0 fully saturated rings. The van der Waals surface area contributed by atoms with E-state index in [1.807, 2.05) is 13.0 Å². The third kappa shape index (κ3) is 6.75. The van der Waals surface area contributed by atoms with Crippen molar-refractivity contribution in [3.05, 3.63) is 65.6 Å². The van der Waals surface area contributed by atoms with Gasteiger partial charge < -0.3 is 14.5 Å². The number of halogens is 2. The number of nitrogens with one attached hydrogen (secondary N) is 2. The fraction of sp³-hybridized carbons (Fsp3) is 0.273. The lowest BCUT2D eigenvalue weighted by Gasteiger charge is -2.09. The molecule has 2 aromatic carbocycles. The minimum Gasteiger partial charge on any atom is -0.494 e. The molecule has 3 aromatic rings. The molecule has 0 saturated heterocycles. The maximum atomic E-state index is 14.1. The van der Waals surface area contributed by atoms with Crippen LogP contribution in [-0.4, -0.2) is 38.7 Å². The van der Waals surface area contributed by atoms with Gasteiger partial charge >= 0.3 is 0 Å². The van der Waals surface area contributed by atoms with Crippen molar-refractivity contribution in [1.29, 1.82) is 0 Å². The summed E-state index contributed by atoms with van der Waals surface area (Å²) in [4.78, 5) is 16.5. The highest BCUT2D eigenvalue weighted by Crippen LogP contribution is 2.24. The minimum absolute atomic E-state index is 0.0509. The van der Waals surface area contributed by atoms with Crippen LogP contribution in [0.2, 0.25) is 0 Å². The minimum atomic E-state index is -3.83. The van der Waals surface area contributed by atoms with E-state index in [0.29, 0.717) is 17.9 Å². The van der Waals surface area contributed by atoms with Crippen molar-refractivity contribution in [2.75, 3.05) is 24.1 Å². The lowest BCUT2D eigenvalue weighted by Crippen LogP contribution is -2.26. The number of carbonyl (C=O) groups is 1. The summed E-state index contributed by atoms with van der Waals surface area (Å²) in [6.07, 6.45) is 2.99. The molecule has 2 N–H and O–H groups in total. The van der Waals surface area contributed by atoms with Crippen LogP contribution in [0.1, 0.15) is 29.4 Å². The molecule has 0 unspecified atom stereocenters. The summed E-state index contributed by atoms with van der Waals surface area (Å²) in [5.41, 5.74) is 0.199. The average molecular weight is 480 g/mol. The van der Waals surface area contributed by atoms with Crippen LogP contribution in [0.4, 0.5) is 14.5 Å². The molecule has 0 spiro atoms. The molecule has 1 aromatic heterocycles. The van der Waals surface area contributed by atoms with E-state index in [0.717, 1.165) is 24.8 Å². The van der Waals surface area contributed by atoms with Crippen molar-refractivity contribution in [3.63, 3.8) is 0 Å². The Labute approximate surface area is 190 Å². The first-order valence-electron chi connectivity index (χ1n) is 10.1. The van der Waals surface area contributed by atoms with Crippen LogP contribution < -0.4 is 14.8 Å². The van der Waals surface area contributed by atoms with Crippen molar-refractivity contribution >= 4 is 21.6 Å². The summed E-state index contributed by atoms with van der Waals surface area (Å²) >= 11 is 0. The van der Waals surface area contributed by atoms with Crippen LogP contribution in [-0.2, 0) is 16.4 Å². The van der Waals surface area contributed by atoms with Crippen LogP contribution in [0.15, 0.2) is 47.1 Å². The van der Waals surface area contributed by atoms with Gasteiger partial charge in [-0.25, -0.2) is 22.2 Å². The van der Waals surface area contributed by atoms with E-state index in [-0.39, 0.29) is 30.1 Å². The molecule has 0 bridgehead atoms. The van der Waals surface area contributed by atoms with Crippen LogP contribution in [0.25, 0.3) is 11.5 Å². The first kappa shape index (κ1) is 24.2. The summed E-state index contributed by atoms with van der Waals surface area (Å²) < 4.78 is 63.3. The van der Waals surface area contributed by atoms with E-state index >= 15 is 0 Å². The van der Waals surface area contributed by atoms with Crippen molar-refractivity contribution in [2.24, 2.45) is 0 Å².